The Bertz CT molecular complexity index is 988. The van der Waals surface area contributed by atoms with E-state index in [4.69, 9.17) is 0 Å². The van der Waals surface area contributed by atoms with Gasteiger partial charge >= 0.3 is 6.18 Å². The molecule has 29 heavy (non-hydrogen) atoms. The highest BCUT2D eigenvalue weighted by atomic mass is 19.4. The Kier molecular flexibility index (Phi) is 4.96. The first-order valence-corrected chi connectivity index (χ1v) is 9.07. The molecular formula is C20H18F3N5O. The molecule has 2 N–H and O–H groups in total. The van der Waals surface area contributed by atoms with Gasteiger partial charge in [-0.05, 0) is 17.7 Å². The molecule has 0 saturated heterocycles. The van der Waals surface area contributed by atoms with Crippen molar-refractivity contribution in [3.63, 3.8) is 0 Å². The van der Waals surface area contributed by atoms with Crippen LogP contribution in [-0.2, 0) is 6.54 Å². The van der Waals surface area contributed by atoms with Gasteiger partial charge in [-0.1, -0.05) is 36.4 Å². The molecule has 150 valence electrons. The number of fused-ring (bicyclic) bond motifs is 1. The van der Waals surface area contributed by atoms with Gasteiger partial charge in [0.15, 0.2) is 6.04 Å². The van der Waals surface area contributed by atoms with E-state index in [1.807, 2.05) is 0 Å². The number of benzene rings is 1. The molecule has 0 saturated carbocycles. The predicted molar refractivity (Wildman–Crippen MR) is 100 cm³/mol. The number of hydrogen-bond donors (Lipinski definition) is 2. The van der Waals surface area contributed by atoms with Crippen LogP contribution in [0.2, 0.25) is 0 Å². The Morgan fingerprint density at radius 2 is 1.93 bits per heavy atom. The van der Waals surface area contributed by atoms with Crippen LogP contribution in [0, 0.1) is 0 Å². The highest BCUT2D eigenvalue weighted by molar-refractivity contribution is 5.98. The maximum absolute atomic E-state index is 13.7. The lowest BCUT2D eigenvalue weighted by molar-refractivity contribution is -0.173. The van der Waals surface area contributed by atoms with E-state index in [9.17, 15) is 18.0 Å². The maximum Gasteiger partial charge on any atom is 0.410 e. The second-order valence-corrected chi connectivity index (χ2v) is 6.76. The van der Waals surface area contributed by atoms with Crippen LogP contribution in [0.1, 0.15) is 40.1 Å². The van der Waals surface area contributed by atoms with Gasteiger partial charge in [-0.15, -0.1) is 0 Å². The van der Waals surface area contributed by atoms with Gasteiger partial charge in [0.2, 0.25) is 0 Å². The number of nitrogens with zero attached hydrogens (tertiary/aromatic N) is 3. The highest BCUT2D eigenvalue weighted by Gasteiger charge is 2.47. The lowest BCUT2D eigenvalue weighted by Crippen LogP contribution is -2.36. The van der Waals surface area contributed by atoms with Crippen LogP contribution in [0.3, 0.4) is 0 Å². The molecule has 4 rings (SSSR count). The van der Waals surface area contributed by atoms with Crippen LogP contribution in [0.25, 0.3) is 0 Å². The number of carbonyl (C=O) groups excluding carboxylic acids is 1. The van der Waals surface area contributed by atoms with Gasteiger partial charge in [0.05, 0.1) is 24.5 Å². The molecule has 0 fully saturated rings. The summed E-state index contributed by atoms with van der Waals surface area (Å²) in [6.07, 6.45) is -1.93. The molecule has 0 aliphatic carbocycles. The molecule has 0 unspecified atom stereocenters. The molecule has 1 aliphatic rings. The van der Waals surface area contributed by atoms with E-state index in [0.717, 1.165) is 4.68 Å². The summed E-state index contributed by atoms with van der Waals surface area (Å²) in [6, 6.07) is 11.7. The molecule has 1 aromatic carbocycles. The van der Waals surface area contributed by atoms with Crippen molar-refractivity contribution < 1.29 is 18.0 Å². The number of rotatable bonds is 4. The number of halogens is 3. The molecular weight excluding hydrogens is 383 g/mol. The molecule has 2 aromatic heterocycles. The first-order valence-electron chi connectivity index (χ1n) is 9.07. The van der Waals surface area contributed by atoms with Gasteiger partial charge in [0.1, 0.15) is 11.4 Å². The molecule has 0 spiro atoms. The van der Waals surface area contributed by atoms with E-state index in [1.165, 1.54) is 6.20 Å². The molecule has 9 heteroatoms. The van der Waals surface area contributed by atoms with Crippen molar-refractivity contribution in [2.75, 3.05) is 5.32 Å². The fraction of sp³-hybridized carbons (Fsp3) is 0.250. The average molecular weight is 401 g/mol. The van der Waals surface area contributed by atoms with Gasteiger partial charge in [0.25, 0.3) is 5.91 Å². The number of amides is 1. The molecule has 3 aromatic rings. The standard InChI is InChI=1S/C20H18F3N5O/c21-20(22,23)17-10-16(13-6-2-1-3-7-13)27-18-15(12-26-28(17)18)19(29)25-11-14-8-4-5-9-24-14/h1-9,12,16-17,27H,10-11H2,(H,25,29)/t16-,17+/m1/s1. The summed E-state index contributed by atoms with van der Waals surface area (Å²) in [7, 11) is 0. The summed E-state index contributed by atoms with van der Waals surface area (Å²) in [5.74, 6) is -0.454. The average Bonchev–Trinajstić information content (AvgIpc) is 3.16. The second kappa shape index (κ2) is 7.57. The van der Waals surface area contributed by atoms with Crippen LogP contribution in [0.5, 0.6) is 0 Å². The number of aromatic nitrogens is 3. The van der Waals surface area contributed by atoms with Crippen LogP contribution in [-0.4, -0.2) is 26.8 Å². The first-order chi connectivity index (χ1) is 13.9. The Hall–Kier alpha value is -3.36. The van der Waals surface area contributed by atoms with Gasteiger partial charge in [0, 0.05) is 12.6 Å². The van der Waals surface area contributed by atoms with Crippen molar-refractivity contribution in [1.29, 1.82) is 0 Å². The fourth-order valence-corrected chi connectivity index (χ4v) is 3.40. The number of alkyl halides is 3. The Labute approximate surface area is 164 Å². The minimum Gasteiger partial charge on any atom is -0.363 e. The molecule has 6 nitrogen and oxygen atoms in total. The van der Waals surface area contributed by atoms with Gasteiger partial charge in [-0.25, -0.2) is 4.68 Å². The third-order valence-corrected chi connectivity index (χ3v) is 4.84. The van der Waals surface area contributed by atoms with Crippen molar-refractivity contribution in [2.24, 2.45) is 0 Å². The van der Waals surface area contributed by atoms with E-state index >= 15 is 0 Å². The van der Waals surface area contributed by atoms with Gasteiger partial charge in [-0.3, -0.25) is 9.78 Å². The maximum atomic E-state index is 13.7. The normalized spacial score (nSPS) is 18.6. The highest BCUT2D eigenvalue weighted by Crippen LogP contribution is 2.44. The van der Waals surface area contributed by atoms with E-state index in [1.54, 1.807) is 54.7 Å². The molecule has 3 heterocycles. The van der Waals surface area contributed by atoms with Crippen LogP contribution < -0.4 is 10.6 Å². The van der Waals surface area contributed by atoms with E-state index in [0.29, 0.717) is 11.3 Å². The number of carbonyl (C=O) groups is 1. The second-order valence-electron chi connectivity index (χ2n) is 6.76. The van der Waals surface area contributed by atoms with Crippen molar-refractivity contribution >= 4 is 11.7 Å². The Balaban J connectivity index is 1.62. The first kappa shape index (κ1) is 19.0. The van der Waals surface area contributed by atoms with Crippen molar-refractivity contribution in [3.05, 3.63) is 77.7 Å². The van der Waals surface area contributed by atoms with Gasteiger partial charge < -0.3 is 10.6 Å². The number of hydrogen-bond acceptors (Lipinski definition) is 4. The third-order valence-electron chi connectivity index (χ3n) is 4.84. The summed E-state index contributed by atoms with van der Waals surface area (Å²) >= 11 is 0. The summed E-state index contributed by atoms with van der Waals surface area (Å²) < 4.78 is 41.9. The largest absolute Gasteiger partial charge is 0.410 e. The monoisotopic (exact) mass is 401 g/mol. The van der Waals surface area contributed by atoms with Crippen LogP contribution in [0.4, 0.5) is 19.0 Å². The number of nitrogens with one attached hydrogen (secondary N) is 2. The summed E-state index contributed by atoms with van der Waals surface area (Å²) in [6.45, 7) is 0.162. The lowest BCUT2D eigenvalue weighted by atomic mass is 9.96. The third kappa shape index (κ3) is 3.94. The lowest BCUT2D eigenvalue weighted by Gasteiger charge is -2.34. The van der Waals surface area contributed by atoms with Crippen molar-refractivity contribution in [3.8, 4) is 0 Å². The summed E-state index contributed by atoms with van der Waals surface area (Å²) in [5.41, 5.74) is 1.43. The smallest absolute Gasteiger partial charge is 0.363 e. The fourth-order valence-electron chi connectivity index (χ4n) is 3.40. The van der Waals surface area contributed by atoms with E-state index in [-0.39, 0.29) is 24.3 Å². The molecule has 1 amide bonds. The SMILES string of the molecule is O=C(NCc1ccccn1)c1cnn2c1N[C@@H](c1ccccc1)C[C@H]2C(F)(F)F. The topological polar surface area (TPSA) is 71.8 Å². The molecule has 1 aliphatic heterocycles. The molecule has 2 atom stereocenters. The molecule has 0 bridgehead atoms. The summed E-state index contributed by atoms with van der Waals surface area (Å²) in [5, 5.41) is 9.62. The summed E-state index contributed by atoms with van der Waals surface area (Å²) in [4.78, 5) is 16.8. The number of pyridine rings is 1. The van der Waals surface area contributed by atoms with E-state index in [2.05, 4.69) is 20.7 Å². The predicted octanol–water partition coefficient (Wildman–Crippen LogP) is 3.87. The zero-order valence-corrected chi connectivity index (χ0v) is 15.2. The zero-order chi connectivity index (χ0) is 20.4. The zero-order valence-electron chi connectivity index (χ0n) is 15.2. The minimum absolute atomic E-state index is 0.0611. The Morgan fingerprint density at radius 3 is 2.62 bits per heavy atom. The van der Waals surface area contributed by atoms with Crippen LogP contribution >= 0.6 is 0 Å². The molecule has 0 radical (unpaired) electrons. The quantitative estimate of drug-likeness (QED) is 0.696. The minimum atomic E-state index is -4.49. The van der Waals surface area contributed by atoms with E-state index < -0.39 is 24.2 Å². The van der Waals surface area contributed by atoms with Crippen molar-refractivity contribution in [2.45, 2.75) is 31.2 Å². The van der Waals surface area contributed by atoms with Crippen molar-refractivity contribution in [1.82, 2.24) is 20.1 Å². The van der Waals surface area contributed by atoms with Crippen LogP contribution in [0.15, 0.2) is 60.9 Å². The number of anilines is 1. The Morgan fingerprint density at radius 1 is 1.17 bits per heavy atom. The van der Waals surface area contributed by atoms with Gasteiger partial charge in [-0.2, -0.15) is 18.3 Å².